The van der Waals surface area contributed by atoms with E-state index in [9.17, 15) is 13.2 Å². The molecule has 1 rings (SSSR count). The number of carboxylic acid groups (broad SMARTS) is 1. The van der Waals surface area contributed by atoms with Crippen molar-refractivity contribution in [1.29, 1.82) is 0 Å². The van der Waals surface area contributed by atoms with Gasteiger partial charge in [0.2, 0.25) is 0 Å². The third kappa shape index (κ3) is 5.85. The van der Waals surface area contributed by atoms with Gasteiger partial charge in [0, 0.05) is 26.1 Å². The maximum absolute atomic E-state index is 12.0. The van der Waals surface area contributed by atoms with E-state index in [1.165, 1.54) is 4.31 Å². The van der Waals surface area contributed by atoms with E-state index in [0.29, 0.717) is 25.9 Å². The standard InChI is InChI=1S/C11H22N2O5S/c1-9-7-13(8-10(2)18-9)19(16,17)12-6-4-3-5-11(14)15/h9-10,12H,3-8H2,1-2H3,(H,14,15). The van der Waals surface area contributed by atoms with Crippen molar-refractivity contribution in [2.24, 2.45) is 0 Å². The molecule has 2 unspecified atom stereocenters. The van der Waals surface area contributed by atoms with Crippen LogP contribution in [0.1, 0.15) is 33.1 Å². The Morgan fingerprint density at radius 2 is 1.89 bits per heavy atom. The van der Waals surface area contributed by atoms with Crippen LogP contribution >= 0.6 is 0 Å². The van der Waals surface area contributed by atoms with Gasteiger partial charge in [-0.3, -0.25) is 4.79 Å². The molecule has 1 aliphatic heterocycles. The third-order valence-corrected chi connectivity index (χ3v) is 4.37. The van der Waals surface area contributed by atoms with Crippen LogP contribution in [0.2, 0.25) is 0 Å². The van der Waals surface area contributed by atoms with Crippen molar-refractivity contribution >= 4 is 16.2 Å². The van der Waals surface area contributed by atoms with Crippen LogP contribution in [-0.4, -0.2) is 55.6 Å². The Morgan fingerprint density at radius 3 is 2.42 bits per heavy atom. The van der Waals surface area contributed by atoms with E-state index < -0.39 is 16.2 Å². The summed E-state index contributed by atoms with van der Waals surface area (Å²) >= 11 is 0. The lowest BCUT2D eigenvalue weighted by Crippen LogP contribution is -2.52. The number of hydrogen-bond donors (Lipinski definition) is 2. The van der Waals surface area contributed by atoms with Crippen molar-refractivity contribution in [3.05, 3.63) is 0 Å². The first-order valence-corrected chi connectivity index (χ1v) is 7.87. The highest BCUT2D eigenvalue weighted by Gasteiger charge is 2.30. The molecule has 0 bridgehead atoms. The molecule has 0 radical (unpaired) electrons. The van der Waals surface area contributed by atoms with Crippen molar-refractivity contribution < 1.29 is 23.1 Å². The van der Waals surface area contributed by atoms with Gasteiger partial charge in [-0.1, -0.05) is 0 Å². The summed E-state index contributed by atoms with van der Waals surface area (Å²) < 4.78 is 33.4. The molecule has 2 atom stereocenters. The SMILES string of the molecule is CC1CN(S(=O)(=O)NCCCCC(=O)O)CC(C)O1. The molecule has 112 valence electrons. The van der Waals surface area contributed by atoms with Gasteiger partial charge in [0.1, 0.15) is 0 Å². The Kier molecular flexibility index (Phi) is 6.18. The second-order valence-corrected chi connectivity index (χ2v) is 6.58. The molecule has 0 aromatic carbocycles. The monoisotopic (exact) mass is 294 g/mol. The number of carbonyl (C=O) groups is 1. The van der Waals surface area contributed by atoms with Crippen molar-refractivity contribution in [2.75, 3.05) is 19.6 Å². The van der Waals surface area contributed by atoms with Crippen LogP contribution in [0.4, 0.5) is 0 Å². The Labute approximate surface area is 114 Å². The second kappa shape index (κ2) is 7.18. The summed E-state index contributed by atoms with van der Waals surface area (Å²) in [6, 6.07) is 0. The quantitative estimate of drug-likeness (QED) is 0.653. The molecule has 19 heavy (non-hydrogen) atoms. The number of ether oxygens (including phenoxy) is 1. The number of hydrogen-bond acceptors (Lipinski definition) is 4. The summed E-state index contributed by atoms with van der Waals surface area (Å²) in [5.74, 6) is -0.862. The molecular weight excluding hydrogens is 272 g/mol. The summed E-state index contributed by atoms with van der Waals surface area (Å²) in [6.45, 7) is 4.62. The largest absolute Gasteiger partial charge is 0.481 e. The molecule has 0 aliphatic carbocycles. The first kappa shape index (κ1) is 16.4. The lowest BCUT2D eigenvalue weighted by molar-refractivity contribution is -0.137. The van der Waals surface area contributed by atoms with E-state index >= 15 is 0 Å². The lowest BCUT2D eigenvalue weighted by Gasteiger charge is -2.34. The maximum Gasteiger partial charge on any atom is 0.303 e. The Balaban J connectivity index is 2.36. The first-order valence-electron chi connectivity index (χ1n) is 6.43. The molecule has 0 amide bonds. The van der Waals surface area contributed by atoms with Gasteiger partial charge in [-0.15, -0.1) is 0 Å². The average molecular weight is 294 g/mol. The number of unbranched alkanes of at least 4 members (excludes halogenated alkanes) is 1. The van der Waals surface area contributed by atoms with Crippen molar-refractivity contribution in [3.8, 4) is 0 Å². The van der Waals surface area contributed by atoms with Crippen LogP contribution in [-0.2, 0) is 19.7 Å². The van der Waals surface area contributed by atoms with Crippen LogP contribution < -0.4 is 4.72 Å². The minimum atomic E-state index is -3.49. The number of carboxylic acids is 1. The third-order valence-electron chi connectivity index (χ3n) is 2.83. The molecule has 8 heteroatoms. The number of morpholine rings is 1. The van der Waals surface area contributed by atoms with E-state index in [0.717, 1.165) is 0 Å². The fraction of sp³-hybridized carbons (Fsp3) is 0.909. The van der Waals surface area contributed by atoms with Crippen LogP contribution in [0.25, 0.3) is 0 Å². The summed E-state index contributed by atoms with van der Waals surface area (Å²) in [7, 11) is -3.49. The normalized spacial score (nSPS) is 25.4. The van der Waals surface area contributed by atoms with E-state index in [4.69, 9.17) is 9.84 Å². The number of nitrogens with zero attached hydrogens (tertiary/aromatic N) is 1. The van der Waals surface area contributed by atoms with E-state index in [2.05, 4.69) is 4.72 Å². The molecule has 0 aromatic rings. The van der Waals surface area contributed by atoms with Gasteiger partial charge in [-0.25, -0.2) is 4.72 Å². The van der Waals surface area contributed by atoms with Gasteiger partial charge in [-0.05, 0) is 26.7 Å². The van der Waals surface area contributed by atoms with E-state index in [-0.39, 0.29) is 25.2 Å². The molecule has 0 spiro atoms. The zero-order valence-electron chi connectivity index (χ0n) is 11.3. The van der Waals surface area contributed by atoms with Crippen molar-refractivity contribution in [2.45, 2.75) is 45.3 Å². The van der Waals surface area contributed by atoms with Crippen molar-refractivity contribution in [3.63, 3.8) is 0 Å². The molecular formula is C11H22N2O5S. The highest BCUT2D eigenvalue weighted by atomic mass is 32.2. The van der Waals surface area contributed by atoms with Gasteiger partial charge in [0.05, 0.1) is 12.2 Å². The molecule has 1 aliphatic rings. The van der Waals surface area contributed by atoms with Crippen LogP contribution in [0.3, 0.4) is 0 Å². The predicted molar refractivity (Wildman–Crippen MR) is 70.0 cm³/mol. The molecule has 0 saturated carbocycles. The van der Waals surface area contributed by atoms with Crippen LogP contribution in [0.15, 0.2) is 0 Å². The highest BCUT2D eigenvalue weighted by Crippen LogP contribution is 2.13. The van der Waals surface area contributed by atoms with Crippen molar-refractivity contribution in [1.82, 2.24) is 9.03 Å². The number of nitrogens with one attached hydrogen (secondary N) is 1. The summed E-state index contributed by atoms with van der Waals surface area (Å²) in [4.78, 5) is 10.3. The van der Waals surface area contributed by atoms with Gasteiger partial charge < -0.3 is 9.84 Å². The zero-order valence-corrected chi connectivity index (χ0v) is 12.1. The minimum absolute atomic E-state index is 0.0628. The highest BCUT2D eigenvalue weighted by molar-refractivity contribution is 7.87. The molecule has 1 heterocycles. The summed E-state index contributed by atoms with van der Waals surface area (Å²) in [5.41, 5.74) is 0. The van der Waals surface area contributed by atoms with Gasteiger partial charge in [-0.2, -0.15) is 12.7 Å². The Morgan fingerprint density at radius 1 is 1.32 bits per heavy atom. The smallest absolute Gasteiger partial charge is 0.303 e. The lowest BCUT2D eigenvalue weighted by atomic mass is 10.2. The predicted octanol–water partition coefficient (Wildman–Crippen LogP) is 0.185. The molecule has 1 fully saturated rings. The Hall–Kier alpha value is -0.700. The average Bonchev–Trinajstić information content (AvgIpc) is 2.26. The molecule has 0 aromatic heterocycles. The minimum Gasteiger partial charge on any atom is -0.481 e. The van der Waals surface area contributed by atoms with Crippen LogP contribution in [0, 0.1) is 0 Å². The zero-order chi connectivity index (χ0) is 14.5. The van der Waals surface area contributed by atoms with E-state index in [1.807, 2.05) is 13.8 Å². The van der Waals surface area contributed by atoms with Crippen LogP contribution in [0.5, 0.6) is 0 Å². The number of aliphatic carboxylic acids is 1. The fourth-order valence-electron chi connectivity index (χ4n) is 2.02. The summed E-state index contributed by atoms with van der Waals surface area (Å²) in [6.07, 6.45) is 0.807. The molecule has 7 nitrogen and oxygen atoms in total. The van der Waals surface area contributed by atoms with Gasteiger partial charge >= 0.3 is 5.97 Å². The fourth-order valence-corrected chi connectivity index (χ4v) is 3.42. The summed E-state index contributed by atoms with van der Waals surface area (Å²) in [5, 5.41) is 8.47. The maximum atomic E-state index is 12.0. The topological polar surface area (TPSA) is 95.9 Å². The first-order chi connectivity index (χ1) is 8.81. The van der Waals surface area contributed by atoms with E-state index in [1.54, 1.807) is 0 Å². The van der Waals surface area contributed by atoms with Gasteiger partial charge in [0.15, 0.2) is 0 Å². The number of rotatable bonds is 7. The van der Waals surface area contributed by atoms with Gasteiger partial charge in [0.25, 0.3) is 10.2 Å². The Bertz CT molecular complexity index is 388. The molecule has 2 N–H and O–H groups in total. The second-order valence-electron chi connectivity index (χ2n) is 4.82. The molecule has 1 saturated heterocycles.